The molecule has 1 aliphatic rings. The first-order valence-corrected chi connectivity index (χ1v) is 9.93. The van der Waals surface area contributed by atoms with Gasteiger partial charge in [0.15, 0.2) is 17.5 Å². The molecule has 0 bridgehead atoms. The Balaban J connectivity index is 0.00000320. The van der Waals surface area contributed by atoms with E-state index in [9.17, 15) is 5.11 Å². The van der Waals surface area contributed by atoms with Gasteiger partial charge in [0.2, 0.25) is 0 Å². The van der Waals surface area contributed by atoms with Crippen molar-refractivity contribution in [2.24, 2.45) is 4.99 Å². The number of halogens is 1. The van der Waals surface area contributed by atoms with E-state index in [0.29, 0.717) is 18.3 Å². The van der Waals surface area contributed by atoms with E-state index in [-0.39, 0.29) is 29.7 Å². The number of benzene rings is 2. The zero-order valence-corrected chi connectivity index (χ0v) is 20.1. The van der Waals surface area contributed by atoms with Crippen molar-refractivity contribution >= 4 is 35.6 Å². The van der Waals surface area contributed by atoms with Crippen molar-refractivity contribution in [1.82, 2.24) is 10.6 Å². The molecule has 0 saturated carbocycles. The topological polar surface area (TPSA) is 78.4 Å². The van der Waals surface area contributed by atoms with Crippen molar-refractivity contribution in [1.29, 1.82) is 0 Å². The van der Waals surface area contributed by atoms with Crippen molar-refractivity contribution in [2.45, 2.75) is 25.9 Å². The van der Waals surface area contributed by atoms with E-state index in [1.165, 1.54) is 7.11 Å². The van der Waals surface area contributed by atoms with Gasteiger partial charge >= 0.3 is 0 Å². The summed E-state index contributed by atoms with van der Waals surface area (Å²) >= 11 is 0. The number of guanidine groups is 1. The predicted octanol–water partition coefficient (Wildman–Crippen LogP) is 3.36. The molecule has 0 amide bonds. The Morgan fingerprint density at radius 3 is 2.63 bits per heavy atom. The third-order valence-electron chi connectivity index (χ3n) is 4.96. The molecule has 2 aromatic rings. The normalized spacial score (nSPS) is 16.0. The molecular weight excluding hydrogens is 495 g/mol. The molecular formula is C22H31IN4O3. The van der Waals surface area contributed by atoms with Crippen molar-refractivity contribution in [3.05, 3.63) is 48.0 Å². The highest BCUT2D eigenvalue weighted by atomic mass is 127. The Hall–Kier alpha value is -2.36. The second-order valence-electron chi connectivity index (χ2n) is 6.95. The molecule has 0 radical (unpaired) electrons. The third kappa shape index (κ3) is 6.07. The van der Waals surface area contributed by atoms with Crippen LogP contribution in [-0.4, -0.2) is 51.0 Å². The van der Waals surface area contributed by atoms with Crippen LogP contribution in [0.25, 0.3) is 0 Å². The number of hydrogen-bond acceptors (Lipinski definition) is 5. The molecule has 8 heteroatoms. The minimum absolute atomic E-state index is 0. The number of ether oxygens (including phenoxy) is 2. The summed E-state index contributed by atoms with van der Waals surface area (Å²) in [5.74, 6) is 2.26. The van der Waals surface area contributed by atoms with Gasteiger partial charge in [0.25, 0.3) is 0 Å². The van der Waals surface area contributed by atoms with Crippen LogP contribution < -0.4 is 25.0 Å². The van der Waals surface area contributed by atoms with Crippen LogP contribution in [0.4, 0.5) is 5.69 Å². The van der Waals surface area contributed by atoms with E-state index < -0.39 is 0 Å². The molecule has 1 heterocycles. The molecule has 164 valence electrons. The molecule has 0 aromatic heterocycles. The number of para-hydroxylation sites is 2. The van der Waals surface area contributed by atoms with Crippen molar-refractivity contribution in [3.8, 4) is 17.2 Å². The maximum atomic E-state index is 9.95. The molecule has 2 aromatic carbocycles. The van der Waals surface area contributed by atoms with Gasteiger partial charge in [0.1, 0.15) is 5.75 Å². The molecule has 1 fully saturated rings. The van der Waals surface area contributed by atoms with Crippen LogP contribution in [0.1, 0.15) is 18.9 Å². The fraction of sp³-hybridized carbons (Fsp3) is 0.409. The molecule has 1 unspecified atom stereocenters. The van der Waals surface area contributed by atoms with Crippen molar-refractivity contribution < 1.29 is 14.6 Å². The van der Waals surface area contributed by atoms with Crippen LogP contribution in [0.15, 0.2) is 47.5 Å². The number of nitrogens with one attached hydrogen (secondary N) is 2. The number of phenols is 1. The molecule has 1 saturated heterocycles. The van der Waals surface area contributed by atoms with Gasteiger partial charge in [-0.15, -0.1) is 24.0 Å². The molecule has 30 heavy (non-hydrogen) atoms. The van der Waals surface area contributed by atoms with E-state index in [0.717, 1.165) is 49.0 Å². The van der Waals surface area contributed by atoms with E-state index in [2.05, 4.69) is 26.6 Å². The largest absolute Gasteiger partial charge is 0.504 e. The smallest absolute Gasteiger partial charge is 0.191 e. The molecule has 7 nitrogen and oxygen atoms in total. The Morgan fingerprint density at radius 2 is 1.93 bits per heavy atom. The van der Waals surface area contributed by atoms with Crippen molar-refractivity contribution in [3.63, 3.8) is 0 Å². The highest BCUT2D eigenvalue weighted by Gasteiger charge is 2.25. The first-order chi connectivity index (χ1) is 14.1. The Labute approximate surface area is 195 Å². The van der Waals surface area contributed by atoms with Gasteiger partial charge in [0, 0.05) is 25.7 Å². The summed E-state index contributed by atoms with van der Waals surface area (Å²) in [6.45, 7) is 5.14. The molecule has 0 spiro atoms. The molecule has 1 atom stereocenters. The summed E-state index contributed by atoms with van der Waals surface area (Å²) in [5, 5.41) is 16.8. The molecule has 3 rings (SSSR count). The van der Waals surface area contributed by atoms with Gasteiger partial charge < -0.3 is 30.1 Å². The van der Waals surface area contributed by atoms with Gasteiger partial charge in [-0.1, -0.05) is 18.2 Å². The fourth-order valence-corrected chi connectivity index (χ4v) is 3.51. The first kappa shape index (κ1) is 23.9. The second kappa shape index (κ2) is 11.7. The number of nitrogens with zero attached hydrogens (tertiary/aromatic N) is 2. The van der Waals surface area contributed by atoms with Crippen molar-refractivity contribution in [2.75, 3.05) is 38.8 Å². The van der Waals surface area contributed by atoms with Crippen LogP contribution in [0, 0.1) is 0 Å². The Kier molecular flexibility index (Phi) is 9.35. The average Bonchev–Trinajstić information content (AvgIpc) is 3.20. The lowest BCUT2D eigenvalue weighted by atomic mass is 10.2. The van der Waals surface area contributed by atoms with Crippen LogP contribution in [0.2, 0.25) is 0 Å². The lowest BCUT2D eigenvalue weighted by molar-refractivity contribution is 0.373. The standard InChI is InChI=1S/C22H30N4O3.HI/c1-4-23-22(24-14-16-9-10-21(29-3)19(27)13-16)25-17-11-12-26(15-17)18-7-5-6-8-20(18)28-2;/h5-10,13,17,27H,4,11-12,14-15H2,1-3H3,(H2,23,24,25);1H. The van der Waals surface area contributed by atoms with Gasteiger partial charge in [-0.05, 0) is 43.2 Å². The number of methoxy groups -OCH3 is 2. The Morgan fingerprint density at radius 1 is 1.17 bits per heavy atom. The number of anilines is 1. The first-order valence-electron chi connectivity index (χ1n) is 9.93. The number of aromatic hydroxyl groups is 1. The summed E-state index contributed by atoms with van der Waals surface area (Å²) in [7, 11) is 3.24. The summed E-state index contributed by atoms with van der Waals surface area (Å²) in [5.41, 5.74) is 2.04. The number of rotatable bonds is 7. The SMILES string of the molecule is CCNC(=NCc1ccc(OC)c(O)c1)NC1CCN(c2ccccc2OC)C1.I. The number of phenolic OH excluding ortho intramolecular Hbond substituents is 1. The lowest BCUT2D eigenvalue weighted by Crippen LogP contribution is -2.44. The van der Waals surface area contributed by atoms with Crippen LogP contribution in [0.3, 0.4) is 0 Å². The lowest BCUT2D eigenvalue weighted by Gasteiger charge is -2.22. The average molecular weight is 526 g/mol. The van der Waals surface area contributed by atoms with E-state index in [4.69, 9.17) is 9.47 Å². The molecule has 1 aliphatic heterocycles. The highest BCUT2D eigenvalue weighted by Crippen LogP contribution is 2.30. The number of hydrogen-bond donors (Lipinski definition) is 3. The second-order valence-corrected chi connectivity index (χ2v) is 6.95. The Bertz CT molecular complexity index is 847. The maximum absolute atomic E-state index is 9.95. The highest BCUT2D eigenvalue weighted by molar-refractivity contribution is 14.0. The minimum atomic E-state index is 0. The van der Waals surface area contributed by atoms with E-state index in [1.54, 1.807) is 19.2 Å². The van der Waals surface area contributed by atoms with Gasteiger partial charge in [-0.25, -0.2) is 4.99 Å². The molecule has 0 aliphatic carbocycles. The molecule has 3 N–H and O–H groups in total. The summed E-state index contributed by atoms with van der Waals surface area (Å²) in [6.07, 6.45) is 1.02. The van der Waals surface area contributed by atoms with Gasteiger partial charge in [-0.3, -0.25) is 0 Å². The maximum Gasteiger partial charge on any atom is 0.191 e. The zero-order valence-electron chi connectivity index (χ0n) is 17.7. The minimum Gasteiger partial charge on any atom is -0.504 e. The summed E-state index contributed by atoms with van der Waals surface area (Å²) in [6, 6.07) is 13.7. The monoisotopic (exact) mass is 526 g/mol. The van der Waals surface area contributed by atoms with E-state index in [1.807, 2.05) is 31.2 Å². The van der Waals surface area contributed by atoms with Gasteiger partial charge in [0.05, 0.1) is 26.5 Å². The van der Waals surface area contributed by atoms with E-state index >= 15 is 0 Å². The van der Waals surface area contributed by atoms with Gasteiger partial charge in [-0.2, -0.15) is 0 Å². The fourth-order valence-electron chi connectivity index (χ4n) is 3.51. The number of aliphatic imine (C=N–C) groups is 1. The van der Waals surface area contributed by atoms with Crippen LogP contribution in [0.5, 0.6) is 17.2 Å². The predicted molar refractivity (Wildman–Crippen MR) is 132 cm³/mol. The quantitative estimate of drug-likeness (QED) is 0.292. The zero-order chi connectivity index (χ0) is 20.6. The summed E-state index contributed by atoms with van der Waals surface area (Å²) in [4.78, 5) is 7.01. The van der Waals surface area contributed by atoms with Crippen LogP contribution in [-0.2, 0) is 6.54 Å². The van der Waals surface area contributed by atoms with Crippen LogP contribution >= 0.6 is 24.0 Å². The summed E-state index contributed by atoms with van der Waals surface area (Å²) < 4.78 is 10.6. The third-order valence-corrected chi connectivity index (χ3v) is 4.96.